The van der Waals surface area contributed by atoms with E-state index in [1.165, 1.54) is 0 Å². The largest absolute Gasteiger partial charge is 0.309 e. The molecule has 1 unspecified atom stereocenters. The maximum Gasteiger partial charge on any atom is 0.267 e. The third-order valence-electron chi connectivity index (χ3n) is 4.87. The number of nitrogens with zero attached hydrogens (tertiary/aromatic N) is 3. The van der Waals surface area contributed by atoms with Gasteiger partial charge in [-0.3, -0.25) is 24.3 Å². The molecule has 0 saturated heterocycles. The van der Waals surface area contributed by atoms with Crippen LogP contribution in [0, 0.1) is 0 Å². The molecule has 7 heteroatoms. The number of H-pyrrole nitrogens is 2. The number of rotatable bonds is 2. The van der Waals surface area contributed by atoms with Gasteiger partial charge in [0.05, 0.1) is 22.6 Å². The number of nitrogens with one attached hydrogen (secondary N) is 2. The number of para-hydroxylation sites is 1. The molecule has 1 aliphatic heterocycles. The van der Waals surface area contributed by atoms with Crippen LogP contribution in [0.4, 0.5) is 0 Å². The lowest BCUT2D eigenvalue weighted by Gasteiger charge is -2.31. The Morgan fingerprint density at radius 3 is 2.83 bits per heavy atom. The SMILES string of the molecule is CC(c1nc2ccccc2c(=O)[nH]1)N1CCc2c(n(C)[nH]c2=O)C1. The Kier molecular flexibility index (Phi) is 3.38. The van der Waals surface area contributed by atoms with Crippen LogP contribution in [0.25, 0.3) is 10.9 Å². The number of hydrogen-bond acceptors (Lipinski definition) is 4. The van der Waals surface area contributed by atoms with Crippen molar-refractivity contribution in [2.75, 3.05) is 6.54 Å². The molecule has 1 atom stereocenters. The molecule has 3 aromatic rings. The first-order chi connectivity index (χ1) is 11.5. The Morgan fingerprint density at radius 1 is 1.21 bits per heavy atom. The van der Waals surface area contributed by atoms with Gasteiger partial charge in [-0.1, -0.05) is 12.1 Å². The van der Waals surface area contributed by atoms with Crippen molar-refractivity contribution in [3.05, 3.63) is 62.1 Å². The van der Waals surface area contributed by atoms with E-state index in [1.54, 1.807) is 10.7 Å². The summed E-state index contributed by atoms with van der Waals surface area (Å²) in [6, 6.07) is 7.30. The summed E-state index contributed by atoms with van der Waals surface area (Å²) in [6.45, 7) is 3.45. The van der Waals surface area contributed by atoms with Crippen molar-refractivity contribution in [3.63, 3.8) is 0 Å². The van der Waals surface area contributed by atoms with Crippen molar-refractivity contribution in [1.29, 1.82) is 0 Å². The van der Waals surface area contributed by atoms with E-state index in [0.29, 0.717) is 29.7 Å². The van der Waals surface area contributed by atoms with E-state index in [0.717, 1.165) is 17.8 Å². The standard InChI is InChI=1S/C17H19N5O2/c1-10(15-18-13-6-4-3-5-11(13)16(23)19-15)22-8-7-12-14(9-22)21(2)20-17(12)24/h3-6,10H,7-9H2,1-2H3,(H,20,24)(H,18,19,23). The van der Waals surface area contributed by atoms with Crippen LogP contribution in [0.1, 0.15) is 30.0 Å². The molecule has 0 amide bonds. The van der Waals surface area contributed by atoms with Gasteiger partial charge in [0, 0.05) is 25.7 Å². The van der Waals surface area contributed by atoms with Gasteiger partial charge in [-0.25, -0.2) is 4.98 Å². The van der Waals surface area contributed by atoms with Gasteiger partial charge in [0.15, 0.2) is 0 Å². The van der Waals surface area contributed by atoms with E-state index in [1.807, 2.05) is 32.2 Å². The number of aromatic nitrogens is 4. The van der Waals surface area contributed by atoms with Gasteiger partial charge in [-0.05, 0) is 25.5 Å². The number of hydrogen-bond donors (Lipinski definition) is 2. The lowest BCUT2D eigenvalue weighted by molar-refractivity contribution is 0.180. The second-order valence-electron chi connectivity index (χ2n) is 6.29. The van der Waals surface area contributed by atoms with Gasteiger partial charge in [0.2, 0.25) is 0 Å². The first-order valence-electron chi connectivity index (χ1n) is 8.04. The van der Waals surface area contributed by atoms with Crippen LogP contribution in [0.2, 0.25) is 0 Å². The Bertz CT molecular complexity index is 1030. The third-order valence-corrected chi connectivity index (χ3v) is 4.87. The predicted octanol–water partition coefficient (Wildman–Crippen LogP) is 1.07. The van der Waals surface area contributed by atoms with Crippen LogP contribution >= 0.6 is 0 Å². The highest BCUT2D eigenvalue weighted by molar-refractivity contribution is 5.77. The minimum Gasteiger partial charge on any atom is -0.309 e. The smallest absolute Gasteiger partial charge is 0.267 e. The maximum atomic E-state index is 12.3. The van der Waals surface area contributed by atoms with Crippen molar-refractivity contribution in [2.24, 2.45) is 7.05 Å². The van der Waals surface area contributed by atoms with Crippen LogP contribution < -0.4 is 11.1 Å². The first-order valence-corrected chi connectivity index (χ1v) is 8.04. The topological polar surface area (TPSA) is 86.8 Å². The molecule has 7 nitrogen and oxygen atoms in total. The molecule has 1 aliphatic rings. The van der Waals surface area contributed by atoms with Crippen molar-refractivity contribution in [1.82, 2.24) is 24.6 Å². The van der Waals surface area contributed by atoms with Gasteiger partial charge in [-0.2, -0.15) is 0 Å². The van der Waals surface area contributed by atoms with E-state index in [-0.39, 0.29) is 17.2 Å². The summed E-state index contributed by atoms with van der Waals surface area (Å²) in [5.41, 5.74) is 2.45. The molecule has 0 fully saturated rings. The highest BCUT2D eigenvalue weighted by Gasteiger charge is 2.27. The summed E-state index contributed by atoms with van der Waals surface area (Å²) >= 11 is 0. The zero-order valence-corrected chi connectivity index (χ0v) is 13.7. The number of aryl methyl sites for hydroxylation is 1. The third kappa shape index (κ3) is 2.28. The molecule has 2 aromatic heterocycles. The van der Waals surface area contributed by atoms with E-state index in [4.69, 9.17) is 0 Å². The van der Waals surface area contributed by atoms with Crippen molar-refractivity contribution in [2.45, 2.75) is 25.9 Å². The second kappa shape index (κ2) is 5.45. The van der Waals surface area contributed by atoms with Crippen LogP contribution in [0.15, 0.2) is 33.9 Å². The summed E-state index contributed by atoms with van der Waals surface area (Å²) in [6.07, 6.45) is 0.702. The average Bonchev–Trinajstić information content (AvgIpc) is 2.88. The summed E-state index contributed by atoms with van der Waals surface area (Å²) in [7, 11) is 1.85. The molecule has 24 heavy (non-hydrogen) atoms. The van der Waals surface area contributed by atoms with Crippen LogP contribution in [-0.4, -0.2) is 31.2 Å². The minimum atomic E-state index is -0.116. The van der Waals surface area contributed by atoms with E-state index >= 15 is 0 Å². The number of benzene rings is 1. The van der Waals surface area contributed by atoms with Gasteiger partial charge >= 0.3 is 0 Å². The van der Waals surface area contributed by atoms with Gasteiger partial charge < -0.3 is 4.98 Å². The second-order valence-corrected chi connectivity index (χ2v) is 6.29. The van der Waals surface area contributed by atoms with Crippen LogP contribution in [-0.2, 0) is 20.0 Å². The molecule has 0 aliphatic carbocycles. The molecule has 4 rings (SSSR count). The molecule has 124 valence electrons. The number of fused-ring (bicyclic) bond motifs is 2. The van der Waals surface area contributed by atoms with Gasteiger partial charge in [0.1, 0.15) is 5.82 Å². The lowest BCUT2D eigenvalue weighted by atomic mass is 10.1. The molecule has 0 radical (unpaired) electrons. The quantitative estimate of drug-likeness (QED) is 0.738. The van der Waals surface area contributed by atoms with E-state index < -0.39 is 0 Å². The fourth-order valence-electron chi connectivity index (χ4n) is 3.41. The van der Waals surface area contributed by atoms with Gasteiger partial charge in [-0.15, -0.1) is 0 Å². The van der Waals surface area contributed by atoms with E-state index in [9.17, 15) is 9.59 Å². The Balaban J connectivity index is 1.69. The summed E-state index contributed by atoms with van der Waals surface area (Å²) in [4.78, 5) is 33.9. The Hall–Kier alpha value is -2.67. The summed E-state index contributed by atoms with van der Waals surface area (Å²) in [5.74, 6) is 0.655. The van der Waals surface area contributed by atoms with Crippen LogP contribution in [0.5, 0.6) is 0 Å². The summed E-state index contributed by atoms with van der Waals surface area (Å²) < 4.78 is 1.78. The Labute approximate surface area is 137 Å². The highest BCUT2D eigenvalue weighted by atomic mass is 16.1. The fourth-order valence-corrected chi connectivity index (χ4v) is 3.41. The first kappa shape index (κ1) is 14.9. The van der Waals surface area contributed by atoms with Crippen LogP contribution in [0.3, 0.4) is 0 Å². The molecule has 1 aromatic carbocycles. The highest BCUT2D eigenvalue weighted by Crippen LogP contribution is 2.24. The molecular formula is C17H19N5O2. The van der Waals surface area contributed by atoms with E-state index in [2.05, 4.69) is 20.0 Å². The van der Waals surface area contributed by atoms with Gasteiger partial charge in [0.25, 0.3) is 11.1 Å². The zero-order valence-electron chi connectivity index (χ0n) is 13.7. The normalized spacial score (nSPS) is 16.2. The molecular weight excluding hydrogens is 306 g/mol. The maximum absolute atomic E-state index is 12.3. The van der Waals surface area contributed by atoms with Crippen molar-refractivity contribution >= 4 is 10.9 Å². The monoisotopic (exact) mass is 325 g/mol. The molecule has 0 bridgehead atoms. The molecule has 2 N–H and O–H groups in total. The molecule has 3 heterocycles. The average molecular weight is 325 g/mol. The molecule has 0 saturated carbocycles. The van der Waals surface area contributed by atoms with Crippen molar-refractivity contribution in [3.8, 4) is 0 Å². The van der Waals surface area contributed by atoms with Crippen molar-refractivity contribution < 1.29 is 0 Å². The minimum absolute atomic E-state index is 0.00274. The Morgan fingerprint density at radius 2 is 2.00 bits per heavy atom. The zero-order chi connectivity index (χ0) is 16.8. The number of aromatic amines is 2. The fraction of sp³-hybridized carbons (Fsp3) is 0.353. The molecule has 0 spiro atoms. The lowest BCUT2D eigenvalue weighted by Crippen LogP contribution is -2.36. The predicted molar refractivity (Wildman–Crippen MR) is 90.9 cm³/mol. The summed E-state index contributed by atoms with van der Waals surface area (Å²) in [5, 5.41) is 3.41.